The van der Waals surface area contributed by atoms with Crippen LogP contribution in [0.1, 0.15) is 75.1 Å². The molecule has 43 heavy (non-hydrogen) atoms. The predicted molar refractivity (Wildman–Crippen MR) is 164 cm³/mol. The molecule has 1 saturated carbocycles. The Kier molecular flexibility index (Phi) is 8.47. The molecular weight excluding hydrogens is 571 g/mol. The number of amides is 2. The lowest BCUT2D eigenvalue weighted by atomic mass is 10.1. The summed E-state index contributed by atoms with van der Waals surface area (Å²) in [5.74, 6) is 0.642. The molecule has 3 unspecified atom stereocenters. The minimum absolute atomic E-state index is 0.0995. The van der Waals surface area contributed by atoms with Crippen LogP contribution in [0.2, 0.25) is 0 Å². The van der Waals surface area contributed by atoms with Crippen molar-refractivity contribution in [2.24, 2.45) is 5.10 Å². The highest BCUT2D eigenvalue weighted by Crippen LogP contribution is 2.30. The number of pyridine rings is 1. The van der Waals surface area contributed by atoms with Crippen molar-refractivity contribution in [3.63, 3.8) is 0 Å². The van der Waals surface area contributed by atoms with Crippen LogP contribution in [0.3, 0.4) is 0 Å². The summed E-state index contributed by atoms with van der Waals surface area (Å²) in [6, 6.07) is 7.23. The maximum absolute atomic E-state index is 14.2. The number of nitrogens with one attached hydrogen (secondary N) is 1. The summed E-state index contributed by atoms with van der Waals surface area (Å²) in [6.45, 7) is 1.66. The first-order valence-electron chi connectivity index (χ1n) is 15.0. The van der Waals surface area contributed by atoms with E-state index < -0.39 is 23.1 Å². The maximum atomic E-state index is 14.2. The fourth-order valence-electron chi connectivity index (χ4n) is 6.49. The first-order valence-corrected chi connectivity index (χ1v) is 16.1. The molecule has 0 bridgehead atoms. The molecule has 3 aliphatic rings. The highest BCUT2D eigenvalue weighted by molar-refractivity contribution is 7.99. The molecule has 226 valence electrons. The number of aromatic nitrogens is 3. The number of hydrogen-bond donors (Lipinski definition) is 1. The van der Waals surface area contributed by atoms with Gasteiger partial charge in [-0.15, -0.1) is 0 Å². The Bertz CT molecular complexity index is 1700. The third kappa shape index (κ3) is 5.89. The summed E-state index contributed by atoms with van der Waals surface area (Å²) in [7, 11) is 0. The fraction of sp³-hybridized carbons (Fsp3) is 0.484. The topological polar surface area (TPSA) is 119 Å². The number of hydrogen-bond acceptors (Lipinski definition) is 7. The molecule has 2 aromatic heterocycles. The van der Waals surface area contributed by atoms with Gasteiger partial charge in [0.1, 0.15) is 17.5 Å². The zero-order valence-electron chi connectivity index (χ0n) is 24.1. The van der Waals surface area contributed by atoms with Gasteiger partial charge in [-0.25, -0.2) is 19.2 Å². The summed E-state index contributed by atoms with van der Waals surface area (Å²) in [6.07, 6.45) is 7.39. The molecule has 6 rings (SSSR count). The van der Waals surface area contributed by atoms with E-state index in [4.69, 9.17) is 0 Å². The van der Waals surface area contributed by atoms with Crippen LogP contribution in [0.4, 0.5) is 4.39 Å². The number of rotatable bonds is 5. The highest BCUT2D eigenvalue weighted by atomic mass is 32.2. The van der Waals surface area contributed by atoms with Crippen LogP contribution in [0.15, 0.2) is 51.2 Å². The molecule has 1 N–H and O–H groups in total. The van der Waals surface area contributed by atoms with Crippen LogP contribution >= 0.6 is 11.8 Å². The molecule has 2 fully saturated rings. The number of hydrazone groups is 1. The van der Waals surface area contributed by atoms with Gasteiger partial charge in [0, 0.05) is 18.1 Å². The quantitative estimate of drug-likeness (QED) is 0.444. The average molecular weight is 607 g/mol. The van der Waals surface area contributed by atoms with Crippen LogP contribution in [0, 0.1) is 5.82 Å². The van der Waals surface area contributed by atoms with Crippen LogP contribution in [-0.2, 0) is 16.0 Å². The molecule has 0 radical (unpaired) electrons. The number of benzene rings is 1. The summed E-state index contributed by atoms with van der Waals surface area (Å²) < 4.78 is 17.2. The van der Waals surface area contributed by atoms with E-state index in [0.29, 0.717) is 32.1 Å². The van der Waals surface area contributed by atoms with Gasteiger partial charge >= 0.3 is 5.69 Å². The first kappa shape index (κ1) is 29.3. The van der Waals surface area contributed by atoms with Crippen LogP contribution in [0.5, 0.6) is 0 Å². The highest BCUT2D eigenvalue weighted by Gasteiger charge is 2.31. The Morgan fingerprint density at radius 2 is 1.79 bits per heavy atom. The van der Waals surface area contributed by atoms with Crippen molar-refractivity contribution in [1.29, 1.82) is 0 Å². The van der Waals surface area contributed by atoms with Crippen molar-refractivity contribution >= 4 is 40.8 Å². The Labute approximate surface area is 252 Å². The molecule has 1 aliphatic carbocycles. The van der Waals surface area contributed by atoms with E-state index in [0.717, 1.165) is 41.7 Å². The maximum Gasteiger partial charge on any atom is 0.333 e. The van der Waals surface area contributed by atoms with Crippen molar-refractivity contribution in [2.75, 3.05) is 11.5 Å². The molecule has 2 amide bonds. The monoisotopic (exact) mass is 606 g/mol. The van der Waals surface area contributed by atoms with Gasteiger partial charge in [-0.3, -0.25) is 23.5 Å². The van der Waals surface area contributed by atoms with E-state index in [1.54, 1.807) is 17.7 Å². The standard InChI is InChI=1S/C31H35FN6O4S/c1-19(38-27(39)15-20-5-2-3-6-21(20)17-34-38)29(40)35-23-7-4-8-24(10-9-23)37-30(41)26-16-22(32)18-33-28(26)36(31(37)42)25-11-13-43-14-12-25/h2-3,5-6,16-19,23-25H,4,7-15H2,1H3,(H,35,40). The van der Waals surface area contributed by atoms with Crippen LogP contribution in [-0.4, -0.2) is 60.7 Å². The number of nitrogens with zero attached hydrogens (tertiary/aromatic N) is 5. The van der Waals surface area contributed by atoms with Crippen LogP contribution < -0.4 is 16.6 Å². The second kappa shape index (κ2) is 12.4. The summed E-state index contributed by atoms with van der Waals surface area (Å²) in [4.78, 5) is 58.0. The number of thioether (sulfide) groups is 1. The van der Waals surface area contributed by atoms with Crippen molar-refractivity contribution in [3.05, 3.63) is 74.3 Å². The van der Waals surface area contributed by atoms with Gasteiger partial charge in [0.25, 0.3) is 5.56 Å². The number of fused-ring (bicyclic) bond motifs is 2. The fourth-order valence-corrected chi connectivity index (χ4v) is 7.57. The minimum atomic E-state index is -0.802. The molecule has 10 nitrogen and oxygen atoms in total. The molecular formula is C31H35FN6O4S. The number of halogens is 1. The zero-order chi connectivity index (χ0) is 30.1. The molecule has 2 aliphatic heterocycles. The zero-order valence-corrected chi connectivity index (χ0v) is 24.9. The lowest BCUT2D eigenvalue weighted by Crippen LogP contribution is -2.48. The smallest absolute Gasteiger partial charge is 0.333 e. The summed E-state index contributed by atoms with van der Waals surface area (Å²) in [5, 5.41) is 8.75. The largest absolute Gasteiger partial charge is 0.352 e. The van der Waals surface area contributed by atoms with Crippen molar-refractivity contribution < 1.29 is 14.0 Å². The van der Waals surface area contributed by atoms with Gasteiger partial charge < -0.3 is 5.32 Å². The molecule has 1 saturated heterocycles. The predicted octanol–water partition coefficient (Wildman–Crippen LogP) is 3.56. The van der Waals surface area contributed by atoms with Crippen molar-refractivity contribution in [1.82, 2.24) is 24.4 Å². The van der Waals surface area contributed by atoms with Crippen LogP contribution in [0.25, 0.3) is 11.0 Å². The Morgan fingerprint density at radius 1 is 1.02 bits per heavy atom. The van der Waals surface area contributed by atoms with Gasteiger partial charge in [0.2, 0.25) is 11.8 Å². The molecule has 3 aromatic rings. The molecule has 4 heterocycles. The van der Waals surface area contributed by atoms with Gasteiger partial charge in [-0.05, 0) is 80.6 Å². The Morgan fingerprint density at radius 3 is 2.60 bits per heavy atom. The van der Waals surface area contributed by atoms with Crippen molar-refractivity contribution in [3.8, 4) is 0 Å². The minimum Gasteiger partial charge on any atom is -0.352 e. The lowest BCUT2D eigenvalue weighted by molar-refractivity contribution is -0.139. The lowest BCUT2D eigenvalue weighted by Gasteiger charge is -2.27. The molecule has 1 aromatic carbocycles. The third-order valence-electron chi connectivity index (χ3n) is 8.85. The van der Waals surface area contributed by atoms with E-state index in [1.807, 2.05) is 36.0 Å². The van der Waals surface area contributed by atoms with E-state index in [2.05, 4.69) is 15.4 Å². The van der Waals surface area contributed by atoms with Gasteiger partial charge in [0.15, 0.2) is 0 Å². The summed E-state index contributed by atoms with van der Waals surface area (Å²) in [5.41, 5.74) is 1.04. The number of carbonyl (C=O) groups is 2. The third-order valence-corrected chi connectivity index (χ3v) is 9.90. The molecule has 0 spiro atoms. The Hall–Kier alpha value is -3.80. The van der Waals surface area contributed by atoms with Crippen molar-refractivity contribution in [2.45, 2.75) is 82.5 Å². The second-order valence-corrected chi connectivity index (χ2v) is 12.8. The Balaban J connectivity index is 1.20. The normalized spacial score (nSPS) is 22.1. The van der Waals surface area contributed by atoms with Gasteiger partial charge in [0.05, 0.1) is 24.2 Å². The second-order valence-electron chi connectivity index (χ2n) is 11.6. The first-order chi connectivity index (χ1) is 20.8. The average Bonchev–Trinajstić information content (AvgIpc) is 3.33. The van der Waals surface area contributed by atoms with Gasteiger partial charge in [-0.1, -0.05) is 24.3 Å². The molecule has 3 atom stereocenters. The van der Waals surface area contributed by atoms with Gasteiger partial charge in [-0.2, -0.15) is 16.9 Å². The van der Waals surface area contributed by atoms with E-state index >= 15 is 0 Å². The molecule has 12 heteroatoms. The van der Waals surface area contributed by atoms with E-state index in [-0.39, 0.29) is 47.4 Å². The van der Waals surface area contributed by atoms with E-state index in [9.17, 15) is 23.6 Å². The van der Waals surface area contributed by atoms with E-state index in [1.165, 1.54) is 15.6 Å². The summed E-state index contributed by atoms with van der Waals surface area (Å²) >= 11 is 1.83. The SMILES string of the molecule is CC(C(=O)NC1CCCC(n2c(=O)c3cc(F)cnc3n(C3CCSCC3)c2=O)CC1)N1N=Cc2ccccc2CC1=O. The number of carbonyl (C=O) groups excluding carboxylic acids is 2.